The van der Waals surface area contributed by atoms with Crippen molar-refractivity contribution in [3.63, 3.8) is 0 Å². The molecule has 18 heteroatoms. The highest BCUT2D eigenvalue weighted by atomic mass is 31.2. The molecule has 0 aliphatic heterocycles. The minimum atomic E-state index is -4.93. The summed E-state index contributed by atoms with van der Waals surface area (Å²) in [6.45, 7) is 2.46. The normalized spacial score (nSPS) is 14.9. The predicted octanol–water partition coefficient (Wildman–Crippen LogP) is 18.9. The van der Waals surface area contributed by atoms with Gasteiger partial charge in [-0.3, -0.25) is 32.5 Å². The van der Waals surface area contributed by atoms with Gasteiger partial charge < -0.3 is 34.2 Å². The number of carbonyl (C=O) groups excluding carboxylic acids is 3. The first kappa shape index (κ1) is 85.2. The van der Waals surface area contributed by atoms with E-state index in [9.17, 15) is 43.5 Å². The number of unbranched alkanes of at least 4 members (excludes halogenated alkanes) is 23. The van der Waals surface area contributed by atoms with E-state index in [0.29, 0.717) is 19.3 Å². The van der Waals surface area contributed by atoms with E-state index in [1.165, 1.54) is 51.4 Å². The molecule has 89 heavy (non-hydrogen) atoms. The lowest BCUT2D eigenvalue weighted by molar-refractivity contribution is -0.161. The average Bonchev–Trinajstić information content (AvgIpc) is 3.72. The van der Waals surface area contributed by atoms with Gasteiger partial charge in [-0.15, -0.1) is 0 Å². The van der Waals surface area contributed by atoms with Crippen molar-refractivity contribution in [1.82, 2.24) is 0 Å². The quantitative estimate of drug-likeness (QED) is 0.0146. The van der Waals surface area contributed by atoms with Crippen molar-refractivity contribution in [2.75, 3.05) is 39.6 Å². The van der Waals surface area contributed by atoms with Crippen molar-refractivity contribution in [2.45, 2.75) is 283 Å². The highest BCUT2D eigenvalue weighted by Gasteiger charge is 2.29. The molecule has 0 rings (SSSR count). The molecule has 0 aliphatic rings. The third-order valence-electron chi connectivity index (χ3n) is 14.0. The Morgan fingerprint density at radius 2 is 0.596 bits per heavy atom. The van der Waals surface area contributed by atoms with Crippen LogP contribution in [-0.4, -0.2) is 95.9 Å². The molecule has 0 bridgehead atoms. The zero-order valence-electron chi connectivity index (χ0n) is 55.3. The summed E-state index contributed by atoms with van der Waals surface area (Å²) in [5, 5.41) is 20.5. The molecular weight excluding hydrogens is 1170 g/mol. The lowest BCUT2D eigenvalue weighted by atomic mass is 10.1. The van der Waals surface area contributed by atoms with Crippen molar-refractivity contribution in [3.8, 4) is 0 Å². The molecular formula is C71H122O16P2. The van der Waals surface area contributed by atoms with Crippen LogP contribution < -0.4 is 0 Å². The van der Waals surface area contributed by atoms with Gasteiger partial charge in [0.1, 0.15) is 25.4 Å². The second kappa shape index (κ2) is 64.3. The number of phosphoric acid groups is 2. The first-order valence-electron chi connectivity index (χ1n) is 34.2. The number of aliphatic hydroxyl groups is 2. The molecule has 0 heterocycles. The maximum Gasteiger partial charge on any atom is 0.472 e. The minimum Gasteiger partial charge on any atom is -0.463 e. The van der Waals surface area contributed by atoms with E-state index < -0.39 is 91.5 Å². The number of aliphatic hydroxyl groups excluding tert-OH is 2. The van der Waals surface area contributed by atoms with E-state index in [0.717, 1.165) is 154 Å². The molecule has 0 aromatic carbocycles. The second-order valence-electron chi connectivity index (χ2n) is 22.6. The third kappa shape index (κ3) is 65.5. The van der Waals surface area contributed by atoms with E-state index >= 15 is 0 Å². The number of carbonyl (C=O) groups is 3. The van der Waals surface area contributed by atoms with Crippen LogP contribution in [0.15, 0.2) is 109 Å². The van der Waals surface area contributed by atoms with Gasteiger partial charge in [-0.2, -0.15) is 0 Å². The zero-order chi connectivity index (χ0) is 65.3. The van der Waals surface area contributed by atoms with Crippen LogP contribution in [0.5, 0.6) is 0 Å². The first-order valence-corrected chi connectivity index (χ1v) is 37.2. The number of hydrogen-bond donors (Lipinski definition) is 4. The highest BCUT2D eigenvalue weighted by Crippen LogP contribution is 2.45. The number of phosphoric ester groups is 2. The number of esters is 3. The Balaban J connectivity index is 4.66. The molecule has 0 aromatic rings. The zero-order valence-corrected chi connectivity index (χ0v) is 57.1. The molecule has 0 spiro atoms. The predicted molar refractivity (Wildman–Crippen MR) is 362 cm³/mol. The third-order valence-corrected chi connectivity index (χ3v) is 15.9. The van der Waals surface area contributed by atoms with Crippen LogP contribution in [0.25, 0.3) is 0 Å². The van der Waals surface area contributed by atoms with E-state index in [1.807, 2.05) is 0 Å². The molecule has 0 saturated heterocycles. The van der Waals surface area contributed by atoms with E-state index in [1.54, 1.807) is 0 Å². The molecule has 5 atom stereocenters. The lowest BCUT2D eigenvalue weighted by Crippen LogP contribution is -2.30. The molecule has 0 amide bonds. The van der Waals surface area contributed by atoms with Gasteiger partial charge in [0.15, 0.2) is 6.10 Å². The van der Waals surface area contributed by atoms with Crippen molar-refractivity contribution in [3.05, 3.63) is 109 Å². The van der Waals surface area contributed by atoms with Crippen LogP contribution in [-0.2, 0) is 55.8 Å². The second-order valence-corrected chi connectivity index (χ2v) is 25.5. The van der Waals surface area contributed by atoms with Gasteiger partial charge in [-0.05, 0) is 128 Å². The summed E-state index contributed by atoms with van der Waals surface area (Å²) in [4.78, 5) is 58.3. The molecule has 16 nitrogen and oxygen atoms in total. The Morgan fingerprint density at radius 1 is 0.326 bits per heavy atom. The summed E-state index contributed by atoms with van der Waals surface area (Å²) in [7, 11) is -9.79. The topological polar surface area (TPSA) is 231 Å². The standard InChI is InChI=1S/C71H122O16P2/c1-4-7-10-13-16-19-22-25-27-29-31-32-34-36-37-40-42-45-48-51-54-57-69(74)81-60-66(72)61-83-88(77,78)84-62-67(73)63-85-89(79,80)86-65-68(87-71(76)59-56-53-50-47-44-39-24-21-18-15-12-9-6-3)64-82-70(75)58-55-52-49-46-43-41-38-35-33-30-28-26-23-20-17-14-11-8-5-2/h8,11,16-17,19-21,24-28,31-33,35-37,66-68,72-73H,4-7,9-10,12-15,18,22-23,29-30,34,38-65H2,1-3H3,(H,77,78)(H,79,80)/b11-8-,19-16-,20-17-,24-21-,27-25-,28-26-,32-31-,35-33-,37-36-. The Labute approximate surface area is 539 Å². The Kier molecular flexibility index (Phi) is 61.6. The molecule has 512 valence electrons. The molecule has 4 N–H and O–H groups in total. The molecule has 0 fully saturated rings. The summed E-state index contributed by atoms with van der Waals surface area (Å²) in [6.07, 6.45) is 71.4. The molecule has 0 aromatic heterocycles. The maximum atomic E-state index is 12.9. The fourth-order valence-electron chi connectivity index (χ4n) is 8.71. The molecule has 0 aliphatic carbocycles. The fraction of sp³-hybridized carbons (Fsp3) is 0.704. The number of hydrogen-bond acceptors (Lipinski definition) is 14. The monoisotopic (exact) mass is 1290 g/mol. The molecule has 5 unspecified atom stereocenters. The maximum absolute atomic E-state index is 12.9. The van der Waals surface area contributed by atoms with Gasteiger partial charge in [0.05, 0.1) is 26.4 Å². The van der Waals surface area contributed by atoms with Crippen molar-refractivity contribution < 1.29 is 75.8 Å². The van der Waals surface area contributed by atoms with Crippen molar-refractivity contribution in [2.24, 2.45) is 0 Å². The first-order chi connectivity index (χ1) is 43.2. The van der Waals surface area contributed by atoms with Gasteiger partial charge in [0.2, 0.25) is 0 Å². The molecule has 0 saturated carbocycles. The van der Waals surface area contributed by atoms with Gasteiger partial charge in [-0.1, -0.05) is 226 Å². The number of ether oxygens (including phenoxy) is 3. The number of rotatable bonds is 64. The van der Waals surface area contributed by atoms with Crippen LogP contribution in [0.2, 0.25) is 0 Å². The fourth-order valence-corrected chi connectivity index (χ4v) is 10.3. The number of allylic oxidation sites excluding steroid dienone is 18. The summed E-state index contributed by atoms with van der Waals surface area (Å²) in [6, 6.07) is 0. The van der Waals surface area contributed by atoms with Crippen LogP contribution in [0.4, 0.5) is 0 Å². The van der Waals surface area contributed by atoms with Gasteiger partial charge in [0.25, 0.3) is 0 Å². The van der Waals surface area contributed by atoms with Crippen molar-refractivity contribution in [1.29, 1.82) is 0 Å². The van der Waals surface area contributed by atoms with Gasteiger partial charge in [0, 0.05) is 19.3 Å². The Hall–Kier alpha value is -3.79. The average molecular weight is 1290 g/mol. The molecule has 0 radical (unpaired) electrons. The van der Waals surface area contributed by atoms with Crippen LogP contribution in [0.1, 0.15) is 265 Å². The summed E-state index contributed by atoms with van der Waals surface area (Å²) in [5.74, 6) is -1.62. The van der Waals surface area contributed by atoms with Crippen LogP contribution in [0.3, 0.4) is 0 Å². The van der Waals surface area contributed by atoms with E-state index in [-0.39, 0.29) is 19.3 Å². The van der Waals surface area contributed by atoms with Gasteiger partial charge in [-0.25, -0.2) is 9.13 Å². The van der Waals surface area contributed by atoms with Crippen LogP contribution >= 0.6 is 15.6 Å². The highest BCUT2D eigenvalue weighted by molar-refractivity contribution is 7.47. The van der Waals surface area contributed by atoms with E-state index in [2.05, 4.69) is 130 Å². The summed E-state index contributed by atoms with van der Waals surface area (Å²) >= 11 is 0. The smallest absolute Gasteiger partial charge is 0.463 e. The Morgan fingerprint density at radius 3 is 0.978 bits per heavy atom. The lowest BCUT2D eigenvalue weighted by Gasteiger charge is -2.21. The van der Waals surface area contributed by atoms with Gasteiger partial charge >= 0.3 is 33.6 Å². The van der Waals surface area contributed by atoms with Crippen molar-refractivity contribution >= 4 is 33.6 Å². The van der Waals surface area contributed by atoms with E-state index in [4.69, 9.17) is 32.3 Å². The Bertz CT molecular complexity index is 2060. The SMILES string of the molecule is CC/C=C\C/C=C\C/C=C\C/C=C\CCCCCCCCC(=O)OCC(COP(=O)(O)OCC(O)COP(=O)(O)OCC(O)COC(=O)CCCCCCC/C=C\C/C=C\C/C=C\C/C=C\CCCCC)OC(=O)CCCCCCC/C=C\CCCCCC. The summed E-state index contributed by atoms with van der Waals surface area (Å²) in [5.41, 5.74) is 0. The largest absolute Gasteiger partial charge is 0.472 e. The summed E-state index contributed by atoms with van der Waals surface area (Å²) < 4.78 is 60.8. The minimum absolute atomic E-state index is 0.0888. The van der Waals surface area contributed by atoms with Crippen LogP contribution in [0, 0.1) is 0 Å².